The smallest absolute Gasteiger partial charge is 0.408 e. The van der Waals surface area contributed by atoms with Crippen LogP contribution >= 0.6 is 0 Å². The second kappa shape index (κ2) is 7.36. The lowest BCUT2D eigenvalue weighted by molar-refractivity contribution is -0.119. The molecule has 4 heteroatoms. The quantitative estimate of drug-likeness (QED) is 0.801. The standard InChI is InChI=1S/C15H19NO3/c1-11(2)9-14(17)12(3)16-15(18)19-10-13-7-5-4-6-8-13/h4-8,12H,1,9-10H2,2-3H3,(H,16,18). The van der Waals surface area contributed by atoms with Crippen molar-refractivity contribution < 1.29 is 14.3 Å². The molecule has 0 saturated heterocycles. The van der Waals surface area contributed by atoms with Gasteiger partial charge in [0, 0.05) is 6.42 Å². The maximum Gasteiger partial charge on any atom is 0.408 e. The minimum Gasteiger partial charge on any atom is -0.445 e. The van der Waals surface area contributed by atoms with E-state index in [1.165, 1.54) is 0 Å². The van der Waals surface area contributed by atoms with Crippen LogP contribution in [-0.4, -0.2) is 17.9 Å². The molecule has 1 N–H and O–H groups in total. The van der Waals surface area contributed by atoms with Gasteiger partial charge in [0.05, 0.1) is 6.04 Å². The van der Waals surface area contributed by atoms with Crippen LogP contribution < -0.4 is 5.32 Å². The summed E-state index contributed by atoms with van der Waals surface area (Å²) in [6.07, 6.45) is -0.327. The van der Waals surface area contributed by atoms with E-state index < -0.39 is 12.1 Å². The van der Waals surface area contributed by atoms with Gasteiger partial charge in [0.2, 0.25) is 0 Å². The van der Waals surface area contributed by atoms with E-state index in [1.807, 2.05) is 30.3 Å². The zero-order valence-electron chi connectivity index (χ0n) is 11.3. The van der Waals surface area contributed by atoms with Gasteiger partial charge in [0.15, 0.2) is 5.78 Å². The van der Waals surface area contributed by atoms with Crippen molar-refractivity contribution in [3.05, 3.63) is 48.0 Å². The largest absolute Gasteiger partial charge is 0.445 e. The average Bonchev–Trinajstić information content (AvgIpc) is 2.36. The van der Waals surface area contributed by atoms with Crippen LogP contribution in [-0.2, 0) is 16.1 Å². The number of amides is 1. The van der Waals surface area contributed by atoms with Gasteiger partial charge in [-0.25, -0.2) is 4.79 Å². The first-order chi connectivity index (χ1) is 8.99. The minimum absolute atomic E-state index is 0.0795. The Bertz CT molecular complexity index is 454. The molecule has 0 radical (unpaired) electrons. The lowest BCUT2D eigenvalue weighted by Crippen LogP contribution is -2.38. The van der Waals surface area contributed by atoms with Crippen molar-refractivity contribution in [1.82, 2.24) is 5.32 Å². The van der Waals surface area contributed by atoms with E-state index in [9.17, 15) is 9.59 Å². The monoisotopic (exact) mass is 261 g/mol. The summed E-state index contributed by atoms with van der Waals surface area (Å²) in [5.41, 5.74) is 1.68. The molecule has 0 saturated carbocycles. The molecular weight excluding hydrogens is 242 g/mol. The molecule has 102 valence electrons. The van der Waals surface area contributed by atoms with E-state index in [0.717, 1.165) is 11.1 Å². The number of carbonyl (C=O) groups excluding carboxylic acids is 2. The van der Waals surface area contributed by atoms with Crippen LogP contribution in [0.3, 0.4) is 0 Å². The van der Waals surface area contributed by atoms with Crippen LogP contribution in [0.5, 0.6) is 0 Å². The summed E-state index contributed by atoms with van der Waals surface area (Å²) in [4.78, 5) is 23.1. The van der Waals surface area contributed by atoms with Crippen LogP contribution in [0.2, 0.25) is 0 Å². The Hall–Kier alpha value is -2.10. The Kier molecular flexibility index (Phi) is 5.79. The molecule has 0 bridgehead atoms. The van der Waals surface area contributed by atoms with Crippen molar-refractivity contribution >= 4 is 11.9 Å². The van der Waals surface area contributed by atoms with Crippen molar-refractivity contribution in [2.24, 2.45) is 0 Å². The van der Waals surface area contributed by atoms with E-state index in [1.54, 1.807) is 13.8 Å². The molecule has 1 atom stereocenters. The number of Topliss-reactive ketones (excluding diaryl/α,β-unsaturated/α-hetero) is 1. The highest BCUT2D eigenvalue weighted by Gasteiger charge is 2.16. The van der Waals surface area contributed by atoms with Gasteiger partial charge in [-0.3, -0.25) is 4.79 Å². The predicted octanol–water partition coefficient (Wildman–Crippen LogP) is 2.84. The third-order valence-corrected chi connectivity index (χ3v) is 2.51. The number of hydrogen-bond donors (Lipinski definition) is 1. The lowest BCUT2D eigenvalue weighted by Gasteiger charge is -2.13. The van der Waals surface area contributed by atoms with Crippen LogP contribution in [0.15, 0.2) is 42.5 Å². The predicted molar refractivity (Wildman–Crippen MR) is 73.7 cm³/mol. The lowest BCUT2D eigenvalue weighted by atomic mass is 10.1. The Labute approximate surface area is 113 Å². The third-order valence-electron chi connectivity index (χ3n) is 2.51. The zero-order valence-corrected chi connectivity index (χ0v) is 11.3. The van der Waals surface area contributed by atoms with Crippen LogP contribution in [0, 0.1) is 0 Å². The van der Waals surface area contributed by atoms with Gasteiger partial charge in [-0.1, -0.05) is 42.5 Å². The van der Waals surface area contributed by atoms with Crippen molar-refractivity contribution in [3.8, 4) is 0 Å². The number of nitrogens with one attached hydrogen (secondary N) is 1. The maximum absolute atomic E-state index is 11.6. The van der Waals surface area contributed by atoms with Crippen LogP contribution in [0.1, 0.15) is 25.8 Å². The summed E-state index contributed by atoms with van der Waals surface area (Å²) in [5, 5.41) is 2.50. The summed E-state index contributed by atoms with van der Waals surface area (Å²) in [7, 11) is 0. The van der Waals surface area contributed by atoms with Gasteiger partial charge >= 0.3 is 6.09 Å². The van der Waals surface area contributed by atoms with E-state index >= 15 is 0 Å². The molecule has 0 aromatic heterocycles. The summed E-state index contributed by atoms with van der Waals surface area (Å²) in [6, 6.07) is 8.79. The second-order valence-corrected chi connectivity index (χ2v) is 4.53. The molecule has 1 amide bonds. The number of ketones is 1. The highest BCUT2D eigenvalue weighted by atomic mass is 16.5. The van der Waals surface area contributed by atoms with E-state index in [2.05, 4.69) is 11.9 Å². The Morgan fingerprint density at radius 1 is 1.32 bits per heavy atom. The van der Waals surface area contributed by atoms with Gasteiger partial charge in [-0.15, -0.1) is 0 Å². The fraction of sp³-hybridized carbons (Fsp3) is 0.333. The number of alkyl carbamates (subject to hydrolysis) is 1. The maximum atomic E-state index is 11.6. The SMILES string of the molecule is C=C(C)CC(=O)C(C)NC(=O)OCc1ccccc1. The Morgan fingerprint density at radius 2 is 1.95 bits per heavy atom. The number of ether oxygens (including phenoxy) is 1. The van der Waals surface area contributed by atoms with Crippen molar-refractivity contribution in [1.29, 1.82) is 0 Å². The molecule has 4 nitrogen and oxygen atoms in total. The molecule has 1 aromatic rings. The first-order valence-corrected chi connectivity index (χ1v) is 6.13. The molecule has 1 rings (SSSR count). The molecule has 19 heavy (non-hydrogen) atoms. The molecule has 0 aliphatic heterocycles. The minimum atomic E-state index is -0.591. The Balaban J connectivity index is 2.35. The highest BCUT2D eigenvalue weighted by Crippen LogP contribution is 2.03. The summed E-state index contributed by atoms with van der Waals surface area (Å²) in [6.45, 7) is 7.27. The third kappa shape index (κ3) is 5.86. The molecule has 1 unspecified atom stereocenters. The molecule has 0 aliphatic carbocycles. The first kappa shape index (κ1) is 15.0. The number of hydrogen-bond acceptors (Lipinski definition) is 3. The molecular formula is C15H19NO3. The van der Waals surface area contributed by atoms with Gasteiger partial charge in [0.25, 0.3) is 0 Å². The van der Waals surface area contributed by atoms with E-state index in [4.69, 9.17) is 4.74 Å². The topological polar surface area (TPSA) is 55.4 Å². The van der Waals surface area contributed by atoms with E-state index in [-0.39, 0.29) is 18.8 Å². The van der Waals surface area contributed by atoms with Gasteiger partial charge in [0.1, 0.15) is 6.61 Å². The molecule has 0 fully saturated rings. The average molecular weight is 261 g/mol. The van der Waals surface area contributed by atoms with Gasteiger partial charge < -0.3 is 10.1 Å². The van der Waals surface area contributed by atoms with Crippen molar-refractivity contribution in [2.75, 3.05) is 0 Å². The number of rotatable bonds is 6. The molecule has 0 heterocycles. The summed E-state index contributed by atoms with van der Waals surface area (Å²) >= 11 is 0. The second-order valence-electron chi connectivity index (χ2n) is 4.53. The fourth-order valence-electron chi connectivity index (χ4n) is 1.47. The van der Waals surface area contributed by atoms with E-state index in [0.29, 0.717) is 0 Å². The van der Waals surface area contributed by atoms with Gasteiger partial charge in [-0.05, 0) is 19.4 Å². The van der Waals surface area contributed by atoms with Gasteiger partial charge in [-0.2, -0.15) is 0 Å². The Morgan fingerprint density at radius 3 is 2.53 bits per heavy atom. The highest BCUT2D eigenvalue weighted by molar-refractivity contribution is 5.88. The molecule has 1 aromatic carbocycles. The normalized spacial score (nSPS) is 11.5. The van der Waals surface area contributed by atoms with Crippen LogP contribution in [0.4, 0.5) is 4.79 Å². The number of carbonyl (C=O) groups is 2. The fourth-order valence-corrected chi connectivity index (χ4v) is 1.47. The summed E-state index contributed by atoms with van der Waals surface area (Å²) in [5.74, 6) is -0.0795. The number of allylic oxidation sites excluding steroid dienone is 1. The first-order valence-electron chi connectivity index (χ1n) is 6.13. The zero-order chi connectivity index (χ0) is 14.3. The van der Waals surface area contributed by atoms with Crippen molar-refractivity contribution in [3.63, 3.8) is 0 Å². The number of benzene rings is 1. The molecule has 0 aliphatic rings. The van der Waals surface area contributed by atoms with Crippen molar-refractivity contribution in [2.45, 2.75) is 32.9 Å². The van der Waals surface area contributed by atoms with Crippen LogP contribution in [0.25, 0.3) is 0 Å². The summed E-state index contributed by atoms with van der Waals surface area (Å²) < 4.78 is 5.03. The molecule has 0 spiro atoms.